The summed E-state index contributed by atoms with van der Waals surface area (Å²) in [6.07, 6.45) is 10.9. The van der Waals surface area contributed by atoms with Crippen LogP contribution in [0.3, 0.4) is 0 Å². The summed E-state index contributed by atoms with van der Waals surface area (Å²) in [6.45, 7) is 10.2. The monoisotopic (exact) mass is 326 g/mol. The number of carbonyl (C=O) groups is 1. The van der Waals surface area contributed by atoms with Gasteiger partial charge in [0.15, 0.2) is 0 Å². The second kappa shape index (κ2) is 10.2. The van der Waals surface area contributed by atoms with Crippen molar-refractivity contribution in [2.24, 2.45) is 0 Å². The summed E-state index contributed by atoms with van der Waals surface area (Å²) in [4.78, 5) is 12.0. The van der Waals surface area contributed by atoms with E-state index in [1.807, 2.05) is 20.8 Å². The fourth-order valence-electron chi connectivity index (χ4n) is 3.29. The highest BCUT2D eigenvalue weighted by Crippen LogP contribution is 2.21. The smallest absolute Gasteiger partial charge is 0.407 e. The molecule has 1 aliphatic carbocycles. The van der Waals surface area contributed by atoms with Gasteiger partial charge < -0.3 is 15.4 Å². The maximum Gasteiger partial charge on any atom is 0.407 e. The normalized spacial score (nSPS) is 22.8. The van der Waals surface area contributed by atoms with Gasteiger partial charge in [0.25, 0.3) is 0 Å². The standard InChI is InChI=1S/C19H38N2O2/c1-6-7-8-9-10-12-15(2)20-16-13-11-14-17(16)21-18(22)23-19(3,4)5/h15-17,20H,6-14H2,1-5H3,(H,21,22). The quantitative estimate of drug-likeness (QED) is 0.600. The highest BCUT2D eigenvalue weighted by Gasteiger charge is 2.30. The third-order valence-corrected chi connectivity index (χ3v) is 4.46. The zero-order chi connectivity index (χ0) is 17.3. The molecule has 0 spiro atoms. The molecule has 0 bridgehead atoms. The second-order valence-corrected chi connectivity index (χ2v) is 8.06. The Morgan fingerprint density at radius 3 is 2.43 bits per heavy atom. The zero-order valence-corrected chi connectivity index (χ0v) is 15.9. The molecule has 3 unspecified atom stereocenters. The van der Waals surface area contributed by atoms with Crippen LogP contribution in [0.5, 0.6) is 0 Å². The molecule has 1 saturated carbocycles. The highest BCUT2D eigenvalue weighted by atomic mass is 16.6. The van der Waals surface area contributed by atoms with Crippen molar-refractivity contribution in [3.63, 3.8) is 0 Å². The summed E-state index contributed by atoms with van der Waals surface area (Å²) >= 11 is 0. The summed E-state index contributed by atoms with van der Waals surface area (Å²) in [5.74, 6) is 0. The first-order valence-electron chi connectivity index (χ1n) is 9.57. The maximum absolute atomic E-state index is 12.0. The molecular formula is C19H38N2O2. The van der Waals surface area contributed by atoms with Gasteiger partial charge in [-0.25, -0.2) is 4.79 Å². The lowest BCUT2D eigenvalue weighted by Gasteiger charge is -2.27. The van der Waals surface area contributed by atoms with Crippen LogP contribution in [0, 0.1) is 0 Å². The van der Waals surface area contributed by atoms with E-state index in [2.05, 4.69) is 24.5 Å². The lowest BCUT2D eigenvalue weighted by atomic mass is 10.1. The average Bonchev–Trinajstić information content (AvgIpc) is 2.83. The van der Waals surface area contributed by atoms with Crippen molar-refractivity contribution in [1.82, 2.24) is 10.6 Å². The molecule has 23 heavy (non-hydrogen) atoms. The van der Waals surface area contributed by atoms with Crippen LogP contribution < -0.4 is 10.6 Å². The number of rotatable bonds is 9. The van der Waals surface area contributed by atoms with E-state index in [0.29, 0.717) is 12.1 Å². The van der Waals surface area contributed by atoms with E-state index in [1.54, 1.807) is 0 Å². The predicted octanol–water partition coefficient (Wildman–Crippen LogP) is 4.77. The van der Waals surface area contributed by atoms with Gasteiger partial charge in [0, 0.05) is 18.1 Å². The molecule has 0 heterocycles. The van der Waals surface area contributed by atoms with E-state index in [-0.39, 0.29) is 12.1 Å². The van der Waals surface area contributed by atoms with E-state index in [0.717, 1.165) is 12.8 Å². The van der Waals surface area contributed by atoms with Crippen molar-refractivity contribution in [2.45, 2.75) is 116 Å². The minimum Gasteiger partial charge on any atom is -0.444 e. The Morgan fingerprint density at radius 2 is 1.78 bits per heavy atom. The van der Waals surface area contributed by atoms with Gasteiger partial charge in [-0.1, -0.05) is 39.0 Å². The number of hydrogen-bond donors (Lipinski definition) is 2. The summed E-state index contributed by atoms with van der Waals surface area (Å²) in [5, 5.41) is 6.77. The van der Waals surface area contributed by atoms with Crippen molar-refractivity contribution < 1.29 is 9.53 Å². The van der Waals surface area contributed by atoms with Gasteiger partial charge >= 0.3 is 6.09 Å². The van der Waals surface area contributed by atoms with Gasteiger partial charge in [0.05, 0.1) is 0 Å². The molecule has 0 aromatic rings. The second-order valence-electron chi connectivity index (χ2n) is 8.06. The molecule has 2 N–H and O–H groups in total. The molecule has 1 aliphatic rings. The Balaban J connectivity index is 2.27. The van der Waals surface area contributed by atoms with Crippen LogP contribution in [-0.2, 0) is 4.74 Å². The largest absolute Gasteiger partial charge is 0.444 e. The Hall–Kier alpha value is -0.770. The van der Waals surface area contributed by atoms with Crippen molar-refractivity contribution >= 4 is 6.09 Å². The molecule has 1 rings (SSSR count). The van der Waals surface area contributed by atoms with E-state index in [4.69, 9.17) is 4.74 Å². The number of unbranched alkanes of at least 4 members (excludes halogenated alkanes) is 4. The summed E-state index contributed by atoms with van der Waals surface area (Å²) in [5.41, 5.74) is -0.433. The zero-order valence-electron chi connectivity index (χ0n) is 15.9. The molecule has 3 atom stereocenters. The molecule has 4 nitrogen and oxygen atoms in total. The summed E-state index contributed by atoms with van der Waals surface area (Å²) in [6, 6.07) is 1.10. The number of ether oxygens (including phenoxy) is 1. The van der Waals surface area contributed by atoms with E-state index >= 15 is 0 Å². The van der Waals surface area contributed by atoms with Gasteiger partial charge in [0.1, 0.15) is 5.60 Å². The molecule has 0 aliphatic heterocycles. The van der Waals surface area contributed by atoms with E-state index in [9.17, 15) is 4.79 Å². The van der Waals surface area contributed by atoms with Gasteiger partial charge in [-0.3, -0.25) is 0 Å². The molecular weight excluding hydrogens is 288 g/mol. The number of nitrogens with one attached hydrogen (secondary N) is 2. The summed E-state index contributed by atoms with van der Waals surface area (Å²) in [7, 11) is 0. The summed E-state index contributed by atoms with van der Waals surface area (Å²) < 4.78 is 5.38. The van der Waals surface area contributed by atoms with Crippen molar-refractivity contribution in [3.8, 4) is 0 Å². The lowest BCUT2D eigenvalue weighted by molar-refractivity contribution is 0.0497. The van der Waals surface area contributed by atoms with Crippen molar-refractivity contribution in [3.05, 3.63) is 0 Å². The lowest BCUT2D eigenvalue weighted by Crippen LogP contribution is -2.50. The Morgan fingerprint density at radius 1 is 1.13 bits per heavy atom. The van der Waals surface area contributed by atoms with Crippen LogP contribution in [0.2, 0.25) is 0 Å². The first kappa shape index (κ1) is 20.3. The van der Waals surface area contributed by atoms with Crippen molar-refractivity contribution in [1.29, 1.82) is 0 Å². The number of alkyl carbamates (subject to hydrolysis) is 1. The Labute approximate surface area is 143 Å². The van der Waals surface area contributed by atoms with Gasteiger partial charge in [-0.2, -0.15) is 0 Å². The first-order chi connectivity index (χ1) is 10.8. The van der Waals surface area contributed by atoms with Gasteiger partial charge in [0.2, 0.25) is 0 Å². The molecule has 1 amide bonds. The minimum absolute atomic E-state index is 0.201. The number of amides is 1. The fourth-order valence-corrected chi connectivity index (χ4v) is 3.29. The third-order valence-electron chi connectivity index (χ3n) is 4.46. The molecule has 0 saturated heterocycles. The topological polar surface area (TPSA) is 50.4 Å². The van der Waals surface area contributed by atoms with Crippen LogP contribution in [0.25, 0.3) is 0 Å². The van der Waals surface area contributed by atoms with Crippen LogP contribution >= 0.6 is 0 Å². The van der Waals surface area contributed by atoms with Gasteiger partial charge in [-0.15, -0.1) is 0 Å². The minimum atomic E-state index is -0.433. The molecule has 0 aromatic heterocycles. The number of carbonyl (C=O) groups excluding carboxylic acids is 1. The predicted molar refractivity (Wildman–Crippen MR) is 96.8 cm³/mol. The molecule has 4 heteroatoms. The molecule has 1 fully saturated rings. The average molecular weight is 327 g/mol. The fraction of sp³-hybridized carbons (Fsp3) is 0.947. The third kappa shape index (κ3) is 9.19. The van der Waals surface area contributed by atoms with Crippen LogP contribution in [0.4, 0.5) is 4.79 Å². The first-order valence-corrected chi connectivity index (χ1v) is 9.57. The van der Waals surface area contributed by atoms with Crippen LogP contribution in [-0.4, -0.2) is 29.8 Å². The molecule has 0 aromatic carbocycles. The van der Waals surface area contributed by atoms with E-state index < -0.39 is 5.60 Å². The molecule has 0 radical (unpaired) electrons. The van der Waals surface area contributed by atoms with E-state index in [1.165, 1.54) is 44.9 Å². The SMILES string of the molecule is CCCCCCCC(C)NC1CCCC1NC(=O)OC(C)(C)C. The van der Waals surface area contributed by atoms with Gasteiger partial charge in [-0.05, 0) is 53.4 Å². The maximum atomic E-state index is 12.0. The highest BCUT2D eigenvalue weighted by molar-refractivity contribution is 5.68. The van der Waals surface area contributed by atoms with Crippen LogP contribution in [0.1, 0.15) is 92.4 Å². The van der Waals surface area contributed by atoms with Crippen molar-refractivity contribution in [2.75, 3.05) is 0 Å². The Kier molecular flexibility index (Phi) is 8.96. The number of hydrogen-bond acceptors (Lipinski definition) is 3. The Bertz CT molecular complexity index is 339. The van der Waals surface area contributed by atoms with Crippen LogP contribution in [0.15, 0.2) is 0 Å². The molecule has 136 valence electrons.